The number of anilines is 1. The maximum absolute atomic E-state index is 12.2. The van der Waals surface area contributed by atoms with E-state index in [2.05, 4.69) is 32.9 Å². The van der Waals surface area contributed by atoms with Crippen LogP contribution in [0.15, 0.2) is 60.8 Å². The van der Waals surface area contributed by atoms with E-state index in [1.807, 2.05) is 54.6 Å². The van der Waals surface area contributed by atoms with Crippen LogP contribution in [0.25, 0.3) is 10.9 Å². The predicted molar refractivity (Wildman–Crippen MR) is 88.9 cm³/mol. The average molecular weight is 374 g/mol. The maximum Gasteiger partial charge on any atom is 0.255 e. The van der Waals surface area contributed by atoms with Crippen molar-refractivity contribution in [3.05, 3.63) is 69.9 Å². The standard InChI is InChI=1S/C16H11IN2O/c17-13-8-6-12(7-9-13)16(20)19-14-5-1-3-11-4-2-10-18-15(11)14/h1-10H,(H,19,20). The molecular weight excluding hydrogens is 363 g/mol. The Labute approximate surface area is 130 Å². The lowest BCUT2D eigenvalue weighted by Crippen LogP contribution is -2.12. The molecular formula is C16H11IN2O. The summed E-state index contributed by atoms with van der Waals surface area (Å²) in [6.45, 7) is 0. The van der Waals surface area contributed by atoms with Crippen LogP contribution >= 0.6 is 22.6 Å². The third kappa shape index (κ3) is 2.65. The number of hydrogen-bond acceptors (Lipinski definition) is 2. The number of fused-ring (bicyclic) bond motifs is 1. The molecule has 0 radical (unpaired) electrons. The number of aromatic nitrogens is 1. The molecule has 0 bridgehead atoms. The molecule has 0 aliphatic carbocycles. The summed E-state index contributed by atoms with van der Waals surface area (Å²) in [6.07, 6.45) is 1.73. The van der Waals surface area contributed by atoms with E-state index in [4.69, 9.17) is 0 Å². The summed E-state index contributed by atoms with van der Waals surface area (Å²) in [5.41, 5.74) is 2.17. The second-order valence-electron chi connectivity index (χ2n) is 4.34. The molecule has 0 aliphatic heterocycles. The van der Waals surface area contributed by atoms with Gasteiger partial charge in [0.05, 0.1) is 11.2 Å². The highest BCUT2D eigenvalue weighted by molar-refractivity contribution is 14.1. The van der Waals surface area contributed by atoms with Crippen LogP contribution in [-0.2, 0) is 0 Å². The Morgan fingerprint density at radius 1 is 1.00 bits per heavy atom. The number of hydrogen-bond donors (Lipinski definition) is 1. The minimum absolute atomic E-state index is 0.125. The van der Waals surface area contributed by atoms with Crippen molar-refractivity contribution in [1.82, 2.24) is 4.98 Å². The third-order valence-electron chi connectivity index (χ3n) is 2.99. The van der Waals surface area contributed by atoms with E-state index in [0.717, 1.165) is 20.2 Å². The first-order valence-corrected chi connectivity index (χ1v) is 7.22. The van der Waals surface area contributed by atoms with Crippen LogP contribution in [0.4, 0.5) is 5.69 Å². The molecule has 3 aromatic rings. The van der Waals surface area contributed by atoms with Crippen molar-refractivity contribution in [3.63, 3.8) is 0 Å². The van der Waals surface area contributed by atoms with Crippen LogP contribution in [0.3, 0.4) is 0 Å². The molecule has 0 saturated heterocycles. The van der Waals surface area contributed by atoms with E-state index in [9.17, 15) is 4.79 Å². The van der Waals surface area contributed by atoms with E-state index >= 15 is 0 Å². The zero-order chi connectivity index (χ0) is 13.9. The Hall–Kier alpha value is -1.95. The second kappa shape index (κ2) is 5.58. The fourth-order valence-electron chi connectivity index (χ4n) is 2.00. The van der Waals surface area contributed by atoms with Gasteiger partial charge in [-0.25, -0.2) is 0 Å². The lowest BCUT2D eigenvalue weighted by molar-refractivity contribution is 0.102. The highest BCUT2D eigenvalue weighted by Crippen LogP contribution is 2.21. The quantitative estimate of drug-likeness (QED) is 0.687. The largest absolute Gasteiger partial charge is 0.320 e. The van der Waals surface area contributed by atoms with Crippen molar-refractivity contribution in [2.24, 2.45) is 0 Å². The van der Waals surface area contributed by atoms with Crippen molar-refractivity contribution in [1.29, 1.82) is 0 Å². The van der Waals surface area contributed by atoms with Crippen LogP contribution in [0.2, 0.25) is 0 Å². The Balaban J connectivity index is 1.93. The first kappa shape index (κ1) is 13.1. The Morgan fingerprint density at radius 3 is 2.55 bits per heavy atom. The molecule has 1 N–H and O–H groups in total. The van der Waals surface area contributed by atoms with Crippen molar-refractivity contribution in [3.8, 4) is 0 Å². The van der Waals surface area contributed by atoms with Gasteiger partial charge in [-0.3, -0.25) is 9.78 Å². The van der Waals surface area contributed by atoms with Gasteiger partial charge in [0.2, 0.25) is 0 Å². The molecule has 20 heavy (non-hydrogen) atoms. The van der Waals surface area contributed by atoms with Gasteiger partial charge < -0.3 is 5.32 Å². The highest BCUT2D eigenvalue weighted by Gasteiger charge is 2.08. The molecule has 3 rings (SSSR count). The Kier molecular flexibility index (Phi) is 3.64. The number of rotatable bonds is 2. The minimum atomic E-state index is -0.125. The number of carbonyl (C=O) groups excluding carboxylic acids is 1. The summed E-state index contributed by atoms with van der Waals surface area (Å²) >= 11 is 2.21. The molecule has 3 nitrogen and oxygen atoms in total. The fraction of sp³-hybridized carbons (Fsp3) is 0. The molecule has 2 aromatic carbocycles. The molecule has 1 heterocycles. The molecule has 0 fully saturated rings. The third-order valence-corrected chi connectivity index (χ3v) is 3.71. The number of halogens is 1. The Morgan fingerprint density at radius 2 is 1.75 bits per heavy atom. The van der Waals surface area contributed by atoms with Gasteiger partial charge in [-0.15, -0.1) is 0 Å². The molecule has 0 atom stereocenters. The summed E-state index contributed by atoms with van der Waals surface area (Å²) in [7, 11) is 0. The molecule has 1 amide bonds. The van der Waals surface area contributed by atoms with Crippen molar-refractivity contribution < 1.29 is 4.79 Å². The maximum atomic E-state index is 12.2. The molecule has 0 aliphatic rings. The molecule has 4 heteroatoms. The van der Waals surface area contributed by atoms with E-state index in [1.54, 1.807) is 6.20 Å². The Bertz CT molecular complexity index is 764. The number of para-hydroxylation sites is 1. The number of nitrogens with zero attached hydrogens (tertiary/aromatic N) is 1. The van der Waals surface area contributed by atoms with E-state index in [1.165, 1.54) is 0 Å². The highest BCUT2D eigenvalue weighted by atomic mass is 127. The second-order valence-corrected chi connectivity index (χ2v) is 5.59. The molecule has 1 aromatic heterocycles. The monoisotopic (exact) mass is 374 g/mol. The van der Waals surface area contributed by atoms with Gasteiger partial charge in [0.25, 0.3) is 5.91 Å². The first-order valence-electron chi connectivity index (χ1n) is 6.15. The zero-order valence-corrected chi connectivity index (χ0v) is 12.7. The smallest absolute Gasteiger partial charge is 0.255 e. The molecule has 0 spiro atoms. The van der Waals surface area contributed by atoms with Gasteiger partial charge in [-0.05, 0) is 59.0 Å². The molecule has 0 unspecified atom stereocenters. The number of benzene rings is 2. The van der Waals surface area contributed by atoms with E-state index in [-0.39, 0.29) is 5.91 Å². The van der Waals surface area contributed by atoms with Gasteiger partial charge in [0.15, 0.2) is 0 Å². The average Bonchev–Trinajstić information content (AvgIpc) is 2.48. The SMILES string of the molecule is O=C(Nc1cccc2cccnc12)c1ccc(I)cc1. The number of nitrogens with one attached hydrogen (secondary N) is 1. The lowest BCUT2D eigenvalue weighted by Gasteiger charge is -2.08. The first-order chi connectivity index (χ1) is 9.74. The predicted octanol–water partition coefficient (Wildman–Crippen LogP) is 4.09. The van der Waals surface area contributed by atoms with Crippen LogP contribution in [0, 0.1) is 3.57 Å². The van der Waals surface area contributed by atoms with Crippen LogP contribution in [-0.4, -0.2) is 10.9 Å². The van der Waals surface area contributed by atoms with Crippen molar-refractivity contribution >= 4 is 45.1 Å². The summed E-state index contributed by atoms with van der Waals surface area (Å²) < 4.78 is 1.10. The molecule has 98 valence electrons. The summed E-state index contributed by atoms with van der Waals surface area (Å²) in [4.78, 5) is 16.6. The van der Waals surface area contributed by atoms with Crippen LogP contribution in [0.5, 0.6) is 0 Å². The van der Waals surface area contributed by atoms with E-state index in [0.29, 0.717) is 5.56 Å². The van der Waals surface area contributed by atoms with Crippen molar-refractivity contribution in [2.45, 2.75) is 0 Å². The normalized spacial score (nSPS) is 10.4. The summed E-state index contributed by atoms with van der Waals surface area (Å²) in [6, 6.07) is 17.1. The fourth-order valence-corrected chi connectivity index (χ4v) is 2.36. The zero-order valence-electron chi connectivity index (χ0n) is 10.5. The molecule has 0 saturated carbocycles. The topological polar surface area (TPSA) is 42.0 Å². The van der Waals surface area contributed by atoms with Gasteiger partial charge in [0, 0.05) is 20.7 Å². The minimum Gasteiger partial charge on any atom is -0.320 e. The van der Waals surface area contributed by atoms with Crippen LogP contribution in [0.1, 0.15) is 10.4 Å². The van der Waals surface area contributed by atoms with Crippen molar-refractivity contribution in [2.75, 3.05) is 5.32 Å². The number of carbonyl (C=O) groups is 1. The summed E-state index contributed by atoms with van der Waals surface area (Å²) in [5, 5.41) is 3.92. The van der Waals surface area contributed by atoms with Crippen LogP contribution < -0.4 is 5.32 Å². The van der Waals surface area contributed by atoms with Gasteiger partial charge in [0.1, 0.15) is 0 Å². The van der Waals surface area contributed by atoms with Gasteiger partial charge >= 0.3 is 0 Å². The number of amides is 1. The van der Waals surface area contributed by atoms with E-state index < -0.39 is 0 Å². The van der Waals surface area contributed by atoms with Gasteiger partial charge in [-0.1, -0.05) is 18.2 Å². The summed E-state index contributed by atoms with van der Waals surface area (Å²) in [5.74, 6) is -0.125. The number of pyridine rings is 1. The van der Waals surface area contributed by atoms with Gasteiger partial charge in [-0.2, -0.15) is 0 Å². The lowest BCUT2D eigenvalue weighted by atomic mass is 10.1.